The van der Waals surface area contributed by atoms with Gasteiger partial charge in [0, 0.05) is 30.8 Å². The van der Waals surface area contributed by atoms with Gasteiger partial charge < -0.3 is 0 Å². The lowest BCUT2D eigenvalue weighted by Gasteiger charge is -2.04. The molecule has 0 N–H and O–H groups in total. The van der Waals surface area contributed by atoms with Crippen molar-refractivity contribution in [2.24, 2.45) is 0 Å². The Morgan fingerprint density at radius 2 is 1.37 bits per heavy atom. The molecule has 4 aromatic rings. The highest BCUT2D eigenvalue weighted by molar-refractivity contribution is 7.99. The number of benzene rings is 4. The summed E-state index contributed by atoms with van der Waals surface area (Å²) in [4.78, 5) is 15.5. The topological polar surface area (TPSA) is 17.1 Å². The number of hydrogen-bond donors (Lipinski definition) is 1. The minimum atomic E-state index is -0.220. The summed E-state index contributed by atoms with van der Waals surface area (Å²) in [6.45, 7) is 0. The molecule has 0 aliphatic heterocycles. The molecule has 0 saturated carbocycles. The van der Waals surface area contributed by atoms with E-state index >= 15 is 0 Å². The van der Waals surface area contributed by atoms with Gasteiger partial charge in [-0.15, -0.1) is 12.6 Å². The predicted molar refractivity (Wildman–Crippen MR) is 126 cm³/mol. The van der Waals surface area contributed by atoms with Gasteiger partial charge in [-0.1, -0.05) is 53.7 Å². The van der Waals surface area contributed by atoms with Gasteiger partial charge in [0.1, 0.15) is 5.82 Å². The molecule has 0 aliphatic rings. The molecule has 0 radical (unpaired) electrons. The molecule has 0 fully saturated rings. The second-order valence-electron chi connectivity index (χ2n) is 6.26. The highest BCUT2D eigenvalue weighted by Gasteiger charge is 2.09. The van der Waals surface area contributed by atoms with Crippen LogP contribution in [-0.2, 0) is 0 Å². The minimum absolute atomic E-state index is 0.0150. The molecule has 0 atom stereocenters. The van der Waals surface area contributed by atoms with Crippen LogP contribution in [0.4, 0.5) is 4.39 Å². The van der Waals surface area contributed by atoms with Gasteiger partial charge in [-0.2, -0.15) is 0 Å². The summed E-state index contributed by atoms with van der Waals surface area (Å²) < 4.78 is 12.1. The molecule has 4 aromatic carbocycles. The van der Waals surface area contributed by atoms with Crippen LogP contribution in [-0.4, -0.2) is 5.78 Å². The summed E-state index contributed by atoms with van der Waals surface area (Å²) in [7, 11) is 0. The van der Waals surface area contributed by atoms with Crippen molar-refractivity contribution < 1.29 is 9.18 Å². The number of carbonyl (C=O) groups excluding carboxylic acids is 1. The normalized spacial score (nSPS) is 10.1. The lowest BCUT2D eigenvalue weighted by molar-refractivity contribution is 0.103. The maximum absolute atomic E-state index is 12.4. The Morgan fingerprint density at radius 1 is 0.733 bits per heavy atom. The summed E-state index contributed by atoms with van der Waals surface area (Å²) in [6, 6.07) is 30.8. The number of carbonyl (C=O) groups is 1. The lowest BCUT2D eigenvalue weighted by atomic mass is 10.0. The van der Waals surface area contributed by atoms with Crippen molar-refractivity contribution in [3.05, 3.63) is 125 Å². The van der Waals surface area contributed by atoms with Crippen LogP contribution >= 0.6 is 36.0 Å². The van der Waals surface area contributed by atoms with E-state index in [2.05, 4.69) is 24.8 Å². The molecule has 0 bridgehead atoms. The van der Waals surface area contributed by atoms with E-state index in [4.69, 9.17) is 11.6 Å². The van der Waals surface area contributed by atoms with E-state index in [-0.39, 0.29) is 11.6 Å². The fraction of sp³-hybridized carbons (Fsp3) is 0. The Morgan fingerprint density at radius 3 is 1.97 bits per heavy atom. The molecular weight excluding hydrogens is 435 g/mol. The first-order valence-electron chi connectivity index (χ1n) is 9.09. The average Bonchev–Trinajstić information content (AvgIpc) is 2.77. The zero-order valence-corrected chi connectivity index (χ0v) is 18.3. The first-order valence-corrected chi connectivity index (χ1v) is 10.7. The van der Waals surface area contributed by atoms with Crippen molar-refractivity contribution in [1.82, 2.24) is 0 Å². The Labute approximate surface area is 190 Å². The molecule has 0 unspecified atom stereocenters. The molecule has 30 heavy (non-hydrogen) atoms. The zero-order chi connectivity index (χ0) is 21.3. The number of halogens is 2. The Kier molecular flexibility index (Phi) is 8.14. The van der Waals surface area contributed by atoms with Crippen LogP contribution < -0.4 is 0 Å². The molecule has 1 nitrogen and oxygen atoms in total. The maximum atomic E-state index is 12.4. The van der Waals surface area contributed by atoms with Crippen molar-refractivity contribution in [2.45, 2.75) is 14.7 Å². The first kappa shape index (κ1) is 22.2. The molecule has 0 aromatic heterocycles. The van der Waals surface area contributed by atoms with Gasteiger partial charge in [0.05, 0.1) is 0 Å². The van der Waals surface area contributed by atoms with Crippen LogP contribution in [0.3, 0.4) is 0 Å². The van der Waals surface area contributed by atoms with Crippen LogP contribution in [0.2, 0.25) is 5.02 Å². The molecule has 0 aliphatic carbocycles. The second-order valence-corrected chi connectivity index (χ2v) is 8.36. The minimum Gasteiger partial charge on any atom is -0.289 e. The predicted octanol–water partition coefficient (Wildman–Crippen LogP) is 7.84. The third-order valence-electron chi connectivity index (χ3n) is 4.01. The summed E-state index contributed by atoms with van der Waals surface area (Å²) in [6.07, 6.45) is 0. The van der Waals surface area contributed by atoms with Crippen molar-refractivity contribution in [2.75, 3.05) is 0 Å². The van der Waals surface area contributed by atoms with Gasteiger partial charge >= 0.3 is 0 Å². The summed E-state index contributed by atoms with van der Waals surface area (Å²) in [5, 5.41) is 0.571. The van der Waals surface area contributed by atoms with E-state index in [0.717, 1.165) is 9.79 Å². The van der Waals surface area contributed by atoms with E-state index < -0.39 is 0 Å². The summed E-state index contributed by atoms with van der Waals surface area (Å²) >= 11 is 11.6. The van der Waals surface area contributed by atoms with Crippen molar-refractivity contribution in [1.29, 1.82) is 0 Å². The quantitative estimate of drug-likeness (QED) is 0.251. The maximum Gasteiger partial charge on any atom is 0.193 e. The molecule has 0 spiro atoms. The Bertz CT molecular complexity index is 1080. The van der Waals surface area contributed by atoms with Gasteiger partial charge in [0.2, 0.25) is 0 Å². The van der Waals surface area contributed by atoms with E-state index in [1.54, 1.807) is 48.2 Å². The number of thiol groups is 1. The number of rotatable bonds is 4. The van der Waals surface area contributed by atoms with Crippen LogP contribution in [0.25, 0.3) is 0 Å². The first-order chi connectivity index (χ1) is 14.5. The third kappa shape index (κ3) is 6.77. The highest BCUT2D eigenvalue weighted by atomic mass is 35.5. The van der Waals surface area contributed by atoms with E-state index in [9.17, 15) is 9.18 Å². The van der Waals surface area contributed by atoms with Crippen LogP contribution in [0.5, 0.6) is 0 Å². The zero-order valence-electron chi connectivity index (χ0n) is 15.8. The van der Waals surface area contributed by atoms with Crippen molar-refractivity contribution in [3.63, 3.8) is 0 Å². The average molecular weight is 453 g/mol. The van der Waals surface area contributed by atoms with Gasteiger partial charge in [-0.3, -0.25) is 4.79 Å². The molecule has 0 heterocycles. The van der Waals surface area contributed by atoms with Gasteiger partial charge in [0.15, 0.2) is 5.78 Å². The van der Waals surface area contributed by atoms with E-state index in [0.29, 0.717) is 16.1 Å². The molecular formula is C25H18ClFOS2. The van der Waals surface area contributed by atoms with Gasteiger partial charge in [0.25, 0.3) is 0 Å². The van der Waals surface area contributed by atoms with Crippen LogP contribution in [0.1, 0.15) is 15.9 Å². The third-order valence-corrected chi connectivity index (χ3v) is 5.56. The number of hydrogen-bond acceptors (Lipinski definition) is 3. The Balaban J connectivity index is 0.000000269. The smallest absolute Gasteiger partial charge is 0.193 e. The SMILES string of the molecule is Fc1ccc(S)cc1.O=C(c1ccc(Sc2ccccc2)cc1)c1cccc(Cl)c1. The lowest BCUT2D eigenvalue weighted by Crippen LogP contribution is -2.00. The molecule has 5 heteroatoms. The van der Waals surface area contributed by atoms with E-state index in [1.807, 2.05) is 42.5 Å². The molecule has 150 valence electrons. The molecule has 0 amide bonds. The number of ketones is 1. The summed E-state index contributed by atoms with van der Waals surface area (Å²) in [5.41, 5.74) is 1.27. The summed E-state index contributed by atoms with van der Waals surface area (Å²) in [5.74, 6) is -0.235. The molecule has 4 rings (SSSR count). The van der Waals surface area contributed by atoms with Crippen molar-refractivity contribution in [3.8, 4) is 0 Å². The fourth-order valence-electron chi connectivity index (χ4n) is 2.54. The van der Waals surface area contributed by atoms with E-state index in [1.165, 1.54) is 17.0 Å². The van der Waals surface area contributed by atoms with Crippen LogP contribution in [0.15, 0.2) is 118 Å². The standard InChI is InChI=1S/C19H13ClOS.C6H5FS/c20-16-6-4-5-15(13-16)19(21)14-9-11-18(12-10-14)22-17-7-2-1-3-8-17;7-5-1-3-6(8)4-2-5/h1-13H;1-4,8H. The van der Waals surface area contributed by atoms with Crippen molar-refractivity contribution >= 4 is 41.8 Å². The van der Waals surface area contributed by atoms with Crippen LogP contribution in [0, 0.1) is 5.82 Å². The largest absolute Gasteiger partial charge is 0.289 e. The Hall–Kier alpha value is -2.53. The second kappa shape index (κ2) is 11.0. The van der Waals surface area contributed by atoms with Gasteiger partial charge in [-0.05, 0) is 72.8 Å². The highest BCUT2D eigenvalue weighted by Crippen LogP contribution is 2.27. The molecule has 0 saturated heterocycles. The fourth-order valence-corrected chi connectivity index (χ4v) is 3.71. The van der Waals surface area contributed by atoms with Gasteiger partial charge in [-0.25, -0.2) is 4.39 Å². The monoisotopic (exact) mass is 452 g/mol.